The SMILES string of the molecule is CC1CC2=C1C(=O)OC2(OO)OOC1(OO)OC(=O)C2=C1CC2C. The van der Waals surface area contributed by atoms with Crippen LogP contribution < -0.4 is 0 Å². The summed E-state index contributed by atoms with van der Waals surface area (Å²) in [6, 6.07) is 0. The minimum atomic E-state index is -2.32. The largest absolute Gasteiger partial charge is 0.408 e. The lowest BCUT2D eigenvalue weighted by Gasteiger charge is -2.34. The molecule has 0 bridgehead atoms. The number of carbonyl (C=O) groups excluding carboxylic acids is 2. The van der Waals surface area contributed by atoms with Crippen molar-refractivity contribution in [3.63, 3.8) is 0 Å². The summed E-state index contributed by atoms with van der Waals surface area (Å²) in [4.78, 5) is 41.9. The summed E-state index contributed by atoms with van der Waals surface area (Å²) in [5.74, 6) is -6.25. The topological polar surface area (TPSA) is 130 Å². The van der Waals surface area contributed by atoms with Gasteiger partial charge in [0.1, 0.15) is 0 Å². The van der Waals surface area contributed by atoms with Crippen molar-refractivity contribution in [2.45, 2.75) is 38.6 Å². The van der Waals surface area contributed by atoms with Gasteiger partial charge in [0.05, 0.1) is 0 Å². The molecule has 4 atom stereocenters. The van der Waals surface area contributed by atoms with Crippen molar-refractivity contribution in [2.24, 2.45) is 11.8 Å². The van der Waals surface area contributed by atoms with E-state index < -0.39 is 23.9 Å². The monoisotopic (exact) mass is 342 g/mol. The van der Waals surface area contributed by atoms with Crippen molar-refractivity contribution >= 4 is 11.9 Å². The van der Waals surface area contributed by atoms with Crippen LogP contribution in [0.5, 0.6) is 0 Å². The van der Waals surface area contributed by atoms with E-state index in [1.165, 1.54) is 0 Å². The van der Waals surface area contributed by atoms with Crippen molar-refractivity contribution in [1.82, 2.24) is 0 Å². The highest BCUT2D eigenvalue weighted by molar-refractivity contribution is 5.95. The molecule has 130 valence electrons. The molecule has 4 unspecified atom stereocenters. The van der Waals surface area contributed by atoms with Gasteiger partial charge >= 0.3 is 23.9 Å². The fourth-order valence-corrected chi connectivity index (χ4v) is 3.50. The first kappa shape index (κ1) is 15.7. The molecule has 0 spiro atoms. The standard InChI is InChI=1S/C14H14O10/c1-5-3-7-9(5)11(15)19-13(7,21-17)23-24-14(22-18)8-4-6(2)10(8)12(16)20-14/h5-6,17-18H,3-4H2,1-2H3. The summed E-state index contributed by atoms with van der Waals surface area (Å²) in [6.07, 6.45) is 0.728. The van der Waals surface area contributed by atoms with Gasteiger partial charge in [0.25, 0.3) is 0 Å². The summed E-state index contributed by atoms with van der Waals surface area (Å²) in [5, 5.41) is 18.3. The van der Waals surface area contributed by atoms with E-state index in [-0.39, 0.29) is 23.0 Å². The Morgan fingerprint density at radius 1 is 0.875 bits per heavy atom. The number of hydrogen-bond acceptors (Lipinski definition) is 10. The minimum Gasteiger partial charge on any atom is -0.397 e. The third kappa shape index (κ3) is 1.75. The second-order valence-corrected chi connectivity index (χ2v) is 6.24. The molecule has 2 aliphatic heterocycles. The fraction of sp³-hybridized carbons (Fsp3) is 0.571. The second kappa shape index (κ2) is 4.85. The van der Waals surface area contributed by atoms with Gasteiger partial charge in [-0.05, 0) is 24.7 Å². The summed E-state index contributed by atoms with van der Waals surface area (Å²) in [7, 11) is 0. The predicted molar refractivity (Wildman–Crippen MR) is 68.9 cm³/mol. The first-order chi connectivity index (χ1) is 11.4. The number of cyclic esters (lactones) is 2. The third-order valence-corrected chi connectivity index (χ3v) is 4.79. The molecule has 10 heteroatoms. The molecule has 0 saturated carbocycles. The number of rotatable bonds is 5. The third-order valence-electron chi connectivity index (χ3n) is 4.79. The Hall–Kier alpha value is -1.82. The van der Waals surface area contributed by atoms with Crippen LogP contribution in [-0.2, 0) is 38.6 Å². The lowest BCUT2D eigenvalue weighted by molar-refractivity contribution is -0.617. The van der Waals surface area contributed by atoms with Crippen LogP contribution in [0.25, 0.3) is 0 Å². The van der Waals surface area contributed by atoms with Gasteiger partial charge in [0.15, 0.2) is 0 Å². The Morgan fingerprint density at radius 2 is 1.25 bits per heavy atom. The van der Waals surface area contributed by atoms with Crippen LogP contribution in [0.3, 0.4) is 0 Å². The van der Waals surface area contributed by atoms with E-state index in [1.54, 1.807) is 13.8 Å². The minimum absolute atomic E-state index is 0.0812. The lowest BCUT2D eigenvalue weighted by Crippen LogP contribution is -2.46. The Morgan fingerprint density at radius 3 is 1.50 bits per heavy atom. The Labute approximate surface area is 134 Å². The smallest absolute Gasteiger partial charge is 0.397 e. The molecule has 0 amide bonds. The molecule has 4 rings (SSSR count). The molecule has 0 fully saturated rings. The molecule has 2 aliphatic carbocycles. The van der Waals surface area contributed by atoms with E-state index in [0.29, 0.717) is 24.0 Å². The highest BCUT2D eigenvalue weighted by atomic mass is 17.4. The normalized spacial score (nSPS) is 40.0. The Kier molecular flexibility index (Phi) is 3.17. The van der Waals surface area contributed by atoms with Gasteiger partial charge in [-0.25, -0.2) is 20.1 Å². The molecular formula is C14H14O10. The maximum Gasteiger partial charge on any atom is 0.408 e. The van der Waals surface area contributed by atoms with Crippen LogP contribution in [0.15, 0.2) is 22.3 Å². The van der Waals surface area contributed by atoms with Crippen molar-refractivity contribution in [3.8, 4) is 0 Å². The molecule has 0 saturated heterocycles. The van der Waals surface area contributed by atoms with Crippen molar-refractivity contribution < 1.29 is 49.1 Å². The van der Waals surface area contributed by atoms with E-state index in [1.807, 2.05) is 0 Å². The van der Waals surface area contributed by atoms with Gasteiger partial charge in [-0.1, -0.05) is 13.8 Å². The molecule has 0 aromatic heterocycles. The first-order valence-corrected chi connectivity index (χ1v) is 7.33. The molecule has 4 aliphatic rings. The molecule has 0 radical (unpaired) electrons. The van der Waals surface area contributed by atoms with Crippen LogP contribution in [0, 0.1) is 11.8 Å². The van der Waals surface area contributed by atoms with Gasteiger partial charge in [-0.2, -0.15) is 9.78 Å². The molecule has 0 aromatic carbocycles. The highest BCUT2D eigenvalue weighted by Gasteiger charge is 2.63. The second-order valence-electron chi connectivity index (χ2n) is 6.24. The van der Waals surface area contributed by atoms with Crippen LogP contribution in [0.4, 0.5) is 0 Å². The molecule has 10 nitrogen and oxygen atoms in total. The average Bonchev–Trinajstić information content (AvgIpc) is 2.89. The van der Waals surface area contributed by atoms with E-state index in [9.17, 15) is 9.59 Å². The maximum absolute atomic E-state index is 11.8. The first-order valence-electron chi connectivity index (χ1n) is 7.33. The number of carbonyl (C=O) groups is 2. The zero-order valence-corrected chi connectivity index (χ0v) is 12.7. The predicted octanol–water partition coefficient (Wildman–Crippen LogP) is 1.01. The Bertz CT molecular complexity index is 648. The molecule has 2 N–H and O–H groups in total. The molecule has 0 aromatic rings. The summed E-state index contributed by atoms with van der Waals surface area (Å²) < 4.78 is 9.81. The van der Waals surface area contributed by atoms with E-state index in [4.69, 9.17) is 29.8 Å². The van der Waals surface area contributed by atoms with E-state index >= 15 is 0 Å². The van der Waals surface area contributed by atoms with Crippen LogP contribution in [0.1, 0.15) is 26.7 Å². The van der Waals surface area contributed by atoms with E-state index in [2.05, 4.69) is 9.78 Å². The van der Waals surface area contributed by atoms with Crippen LogP contribution in [0.2, 0.25) is 0 Å². The van der Waals surface area contributed by atoms with Gasteiger partial charge in [0, 0.05) is 22.3 Å². The summed E-state index contributed by atoms with van der Waals surface area (Å²) in [5.41, 5.74) is 1.12. The van der Waals surface area contributed by atoms with Crippen molar-refractivity contribution in [3.05, 3.63) is 22.3 Å². The van der Waals surface area contributed by atoms with Crippen molar-refractivity contribution in [1.29, 1.82) is 0 Å². The molecule has 2 heterocycles. The van der Waals surface area contributed by atoms with Gasteiger partial charge in [0.2, 0.25) is 0 Å². The lowest BCUT2D eigenvalue weighted by atomic mass is 9.79. The molecular weight excluding hydrogens is 328 g/mol. The summed E-state index contributed by atoms with van der Waals surface area (Å²) in [6.45, 7) is 3.58. The van der Waals surface area contributed by atoms with Crippen LogP contribution >= 0.6 is 0 Å². The van der Waals surface area contributed by atoms with Gasteiger partial charge in [-0.3, -0.25) is 0 Å². The van der Waals surface area contributed by atoms with Crippen LogP contribution in [-0.4, -0.2) is 34.4 Å². The number of esters is 2. The zero-order valence-electron chi connectivity index (χ0n) is 12.7. The number of ether oxygens (including phenoxy) is 2. The molecule has 24 heavy (non-hydrogen) atoms. The Balaban J connectivity index is 1.59. The zero-order chi connectivity index (χ0) is 17.3. The summed E-state index contributed by atoms with van der Waals surface area (Å²) >= 11 is 0. The number of hydrogen-bond donors (Lipinski definition) is 2. The quantitative estimate of drug-likeness (QED) is 0.323. The van der Waals surface area contributed by atoms with Gasteiger partial charge in [-0.15, -0.1) is 9.78 Å². The fourth-order valence-electron chi connectivity index (χ4n) is 3.50. The highest BCUT2D eigenvalue weighted by Crippen LogP contribution is 2.52. The average molecular weight is 342 g/mol. The van der Waals surface area contributed by atoms with Crippen molar-refractivity contribution in [2.75, 3.05) is 0 Å². The van der Waals surface area contributed by atoms with E-state index in [0.717, 1.165) is 0 Å². The maximum atomic E-state index is 11.8. The van der Waals surface area contributed by atoms with Gasteiger partial charge < -0.3 is 9.47 Å².